The minimum absolute atomic E-state index is 0.0354. The van der Waals surface area contributed by atoms with E-state index in [-0.39, 0.29) is 5.91 Å². The number of hydrogen-bond donors (Lipinski definition) is 1. The molecule has 29 heavy (non-hydrogen) atoms. The van der Waals surface area contributed by atoms with Crippen molar-refractivity contribution < 1.29 is 4.79 Å². The van der Waals surface area contributed by atoms with E-state index < -0.39 is 0 Å². The Kier molecular flexibility index (Phi) is 6.82. The van der Waals surface area contributed by atoms with Gasteiger partial charge in [-0.15, -0.1) is 0 Å². The lowest BCUT2D eigenvalue weighted by Crippen LogP contribution is -2.19. The smallest absolute Gasteiger partial charge is 0.248 e. The Morgan fingerprint density at radius 1 is 1.14 bits per heavy atom. The van der Waals surface area contributed by atoms with E-state index in [0.717, 1.165) is 46.4 Å². The lowest BCUT2D eigenvalue weighted by Gasteiger charge is -2.14. The quantitative estimate of drug-likeness (QED) is 0.606. The third-order valence-corrected chi connectivity index (χ3v) is 5.50. The second-order valence-corrected chi connectivity index (χ2v) is 7.87. The highest BCUT2D eigenvalue weighted by molar-refractivity contribution is 5.90. The number of nitrogens with zero attached hydrogens (tertiary/aromatic N) is 1. The van der Waals surface area contributed by atoms with Gasteiger partial charge in [0.1, 0.15) is 0 Å². The molecule has 0 atom stereocenters. The van der Waals surface area contributed by atoms with E-state index in [0.29, 0.717) is 0 Å². The van der Waals surface area contributed by atoms with Gasteiger partial charge in [0, 0.05) is 29.7 Å². The van der Waals surface area contributed by atoms with Crippen LogP contribution in [-0.4, -0.2) is 10.9 Å². The van der Waals surface area contributed by atoms with Gasteiger partial charge in [0.15, 0.2) is 0 Å². The number of allylic oxidation sites excluding steroid dienone is 2. The van der Waals surface area contributed by atoms with Gasteiger partial charge in [0.2, 0.25) is 5.91 Å². The van der Waals surface area contributed by atoms with Crippen molar-refractivity contribution in [3.8, 4) is 11.1 Å². The maximum Gasteiger partial charge on any atom is 0.248 e. The summed E-state index contributed by atoms with van der Waals surface area (Å²) in [5.74, 6) is -0.0354. The summed E-state index contributed by atoms with van der Waals surface area (Å²) in [6.07, 6.45) is 15.1. The summed E-state index contributed by atoms with van der Waals surface area (Å²) in [4.78, 5) is 16.7. The van der Waals surface area contributed by atoms with E-state index in [9.17, 15) is 4.79 Å². The fraction of sp³-hybridized carbons (Fsp3) is 0.308. The van der Waals surface area contributed by atoms with Crippen LogP contribution in [0.5, 0.6) is 0 Å². The topological polar surface area (TPSA) is 42.0 Å². The molecule has 1 aliphatic rings. The number of aromatic nitrogens is 1. The molecular weight excluding hydrogens is 356 g/mol. The fourth-order valence-electron chi connectivity index (χ4n) is 3.98. The van der Waals surface area contributed by atoms with Crippen LogP contribution >= 0.6 is 0 Å². The van der Waals surface area contributed by atoms with Gasteiger partial charge >= 0.3 is 0 Å². The van der Waals surface area contributed by atoms with Crippen molar-refractivity contribution in [3.05, 3.63) is 76.8 Å². The highest BCUT2D eigenvalue weighted by Gasteiger charge is 2.10. The normalized spacial score (nSPS) is 14.4. The highest BCUT2D eigenvalue weighted by Crippen LogP contribution is 2.29. The molecule has 3 rings (SSSR count). The van der Waals surface area contributed by atoms with Crippen LogP contribution in [0.2, 0.25) is 0 Å². The Labute approximate surface area is 174 Å². The largest absolute Gasteiger partial charge is 0.326 e. The van der Waals surface area contributed by atoms with Crippen molar-refractivity contribution in [1.29, 1.82) is 0 Å². The Hall–Kier alpha value is -2.94. The first-order chi connectivity index (χ1) is 14.0. The summed E-state index contributed by atoms with van der Waals surface area (Å²) in [6, 6.07) is 6.33. The van der Waals surface area contributed by atoms with E-state index in [1.165, 1.54) is 30.4 Å². The molecule has 1 amide bonds. The minimum atomic E-state index is -0.0354. The molecule has 3 heteroatoms. The number of benzene rings is 1. The van der Waals surface area contributed by atoms with Crippen molar-refractivity contribution in [1.82, 2.24) is 10.3 Å². The van der Waals surface area contributed by atoms with Gasteiger partial charge in [-0.3, -0.25) is 9.78 Å². The summed E-state index contributed by atoms with van der Waals surface area (Å²) < 4.78 is 0. The lowest BCUT2D eigenvalue weighted by molar-refractivity contribution is -0.115. The molecule has 0 bridgehead atoms. The predicted octanol–water partition coefficient (Wildman–Crippen LogP) is 6.38. The summed E-state index contributed by atoms with van der Waals surface area (Å²) in [5.41, 5.74) is 8.78. The summed E-state index contributed by atoms with van der Waals surface area (Å²) in [5, 5.41) is 3.02. The molecule has 1 N–H and O–H groups in total. The summed E-state index contributed by atoms with van der Waals surface area (Å²) in [7, 11) is 0. The SMILES string of the molecule is C=Cc1c(C)cc(-c2cnccc2C)cc1/C=C(\C)NC(=O)C=C1CCCCC1. The van der Waals surface area contributed by atoms with Crippen molar-refractivity contribution in [2.24, 2.45) is 0 Å². The fourth-order valence-corrected chi connectivity index (χ4v) is 3.98. The van der Waals surface area contributed by atoms with Gasteiger partial charge in [-0.05, 0) is 92.5 Å². The first-order valence-corrected chi connectivity index (χ1v) is 10.3. The number of rotatable bonds is 5. The average molecular weight is 387 g/mol. The molecule has 1 saturated carbocycles. The number of nitrogens with one attached hydrogen (secondary N) is 1. The van der Waals surface area contributed by atoms with E-state index in [4.69, 9.17) is 0 Å². The second kappa shape index (κ2) is 9.51. The number of amides is 1. The summed E-state index contributed by atoms with van der Waals surface area (Å²) in [6.45, 7) is 10.1. The van der Waals surface area contributed by atoms with Crippen LogP contribution in [0.3, 0.4) is 0 Å². The van der Waals surface area contributed by atoms with Crippen LogP contribution in [0.4, 0.5) is 0 Å². The van der Waals surface area contributed by atoms with E-state index in [2.05, 4.69) is 42.9 Å². The molecule has 1 aliphatic carbocycles. The van der Waals surface area contributed by atoms with Crippen LogP contribution in [0.1, 0.15) is 61.3 Å². The molecule has 2 aromatic rings. The third kappa shape index (κ3) is 5.32. The molecule has 0 aliphatic heterocycles. The van der Waals surface area contributed by atoms with Crippen molar-refractivity contribution in [3.63, 3.8) is 0 Å². The molecule has 3 nitrogen and oxygen atoms in total. The first-order valence-electron chi connectivity index (χ1n) is 10.3. The Morgan fingerprint density at radius 3 is 2.59 bits per heavy atom. The molecule has 0 unspecified atom stereocenters. The predicted molar refractivity (Wildman–Crippen MR) is 122 cm³/mol. The molecule has 1 heterocycles. The average Bonchev–Trinajstić information content (AvgIpc) is 2.68. The maximum atomic E-state index is 12.4. The Bertz CT molecular complexity index is 974. The van der Waals surface area contributed by atoms with E-state index in [1.54, 1.807) is 6.08 Å². The molecule has 0 radical (unpaired) electrons. The Balaban J connectivity index is 1.89. The first kappa shape index (κ1) is 20.8. The zero-order valence-electron chi connectivity index (χ0n) is 17.7. The molecule has 1 aromatic heterocycles. The monoisotopic (exact) mass is 386 g/mol. The molecule has 1 aromatic carbocycles. The maximum absolute atomic E-state index is 12.4. The van der Waals surface area contributed by atoms with Gasteiger partial charge in [0.05, 0.1) is 0 Å². The molecule has 0 spiro atoms. The van der Waals surface area contributed by atoms with E-state index >= 15 is 0 Å². The molecule has 150 valence electrons. The zero-order valence-corrected chi connectivity index (χ0v) is 17.7. The van der Waals surface area contributed by atoms with Crippen molar-refractivity contribution in [2.45, 2.75) is 52.9 Å². The third-order valence-electron chi connectivity index (χ3n) is 5.50. The lowest BCUT2D eigenvalue weighted by atomic mass is 9.93. The highest BCUT2D eigenvalue weighted by atomic mass is 16.1. The van der Waals surface area contributed by atoms with Crippen LogP contribution < -0.4 is 5.32 Å². The number of aryl methyl sites for hydroxylation is 2. The summed E-state index contributed by atoms with van der Waals surface area (Å²) >= 11 is 0. The minimum Gasteiger partial charge on any atom is -0.326 e. The molecule has 1 fully saturated rings. The van der Waals surface area contributed by atoms with Gasteiger partial charge in [-0.1, -0.05) is 30.7 Å². The van der Waals surface area contributed by atoms with Gasteiger partial charge < -0.3 is 5.32 Å². The second-order valence-electron chi connectivity index (χ2n) is 7.87. The van der Waals surface area contributed by atoms with Gasteiger partial charge in [0.25, 0.3) is 0 Å². The Morgan fingerprint density at radius 2 is 1.90 bits per heavy atom. The zero-order chi connectivity index (χ0) is 20.8. The molecular formula is C26H30N2O. The van der Waals surface area contributed by atoms with Crippen molar-refractivity contribution >= 4 is 18.1 Å². The van der Waals surface area contributed by atoms with Crippen LogP contribution in [0.25, 0.3) is 23.3 Å². The van der Waals surface area contributed by atoms with Gasteiger partial charge in [-0.2, -0.15) is 0 Å². The number of carbonyl (C=O) groups excluding carboxylic acids is 1. The van der Waals surface area contributed by atoms with Gasteiger partial charge in [-0.25, -0.2) is 0 Å². The van der Waals surface area contributed by atoms with Crippen LogP contribution in [-0.2, 0) is 4.79 Å². The standard InChI is InChI=1S/C26H30N2O/c1-5-24-19(3)13-22(25-17-27-12-11-18(25)2)16-23(24)14-20(4)28-26(29)15-21-9-7-6-8-10-21/h5,11-17H,1,6-10H2,2-4H3,(H,28,29)/b20-14+. The number of carbonyl (C=O) groups is 1. The molecule has 0 saturated heterocycles. The van der Waals surface area contributed by atoms with E-state index in [1.807, 2.05) is 37.5 Å². The van der Waals surface area contributed by atoms with Crippen LogP contribution in [0, 0.1) is 13.8 Å². The number of hydrogen-bond acceptors (Lipinski definition) is 2. The number of pyridine rings is 1. The van der Waals surface area contributed by atoms with Crippen LogP contribution in [0.15, 0.2) is 54.5 Å². The van der Waals surface area contributed by atoms with Crippen molar-refractivity contribution in [2.75, 3.05) is 0 Å².